The van der Waals surface area contributed by atoms with Crippen LogP contribution < -0.4 is 11.4 Å². The molecule has 1 saturated heterocycles. The van der Waals surface area contributed by atoms with E-state index in [0.29, 0.717) is 25.7 Å². The lowest BCUT2D eigenvalue weighted by atomic mass is 10.0. The van der Waals surface area contributed by atoms with Crippen LogP contribution in [0.2, 0.25) is 0 Å². The normalized spacial score (nSPS) is 20.4. The molecule has 1 aromatic rings. The molecule has 1 aliphatic rings. The predicted octanol–water partition coefficient (Wildman–Crippen LogP) is 8.21. The third kappa shape index (κ3) is 28.4. The second kappa shape index (κ2) is 34.9. The minimum atomic E-state index is -5.44. The van der Waals surface area contributed by atoms with Crippen LogP contribution >= 0.6 is 15.6 Å². The molecule has 0 aromatic carbocycles. The molecule has 0 saturated carbocycles. The van der Waals surface area contributed by atoms with E-state index in [4.69, 9.17) is 29.0 Å². The van der Waals surface area contributed by atoms with Crippen molar-refractivity contribution in [2.24, 2.45) is 5.92 Å². The summed E-state index contributed by atoms with van der Waals surface area (Å²) in [5.74, 6) is -0.666. The van der Waals surface area contributed by atoms with Gasteiger partial charge in [0.2, 0.25) is 0 Å². The van der Waals surface area contributed by atoms with Crippen molar-refractivity contribution < 1.29 is 71.4 Å². The molecule has 1 fully saturated rings. The SMILES string of the molecule is CCCCC[C@H](O)/C=C/C=C\C/C=C\C/C=C\CCCC(=O)O[C@H](COC(=O)CCCCCCCCCCCC(C)C)COP(=O)(O)OP(=O)(O)OC[C@H]1O[C@@H](n2ccc(N)nc2=O)[C@H](O)[C@@H]1O. The van der Waals surface area contributed by atoms with Crippen LogP contribution in [0.25, 0.3) is 0 Å². The molecule has 0 aliphatic carbocycles. The molecule has 68 heavy (non-hydrogen) atoms. The fourth-order valence-electron chi connectivity index (χ4n) is 6.89. The number of rotatable bonds is 38. The summed E-state index contributed by atoms with van der Waals surface area (Å²) in [7, 11) is -10.9. The van der Waals surface area contributed by atoms with Crippen LogP contribution in [0.3, 0.4) is 0 Å². The first-order valence-corrected chi connectivity index (χ1v) is 27.1. The maximum atomic E-state index is 12.8. The molecule has 388 valence electrons. The maximum Gasteiger partial charge on any atom is 0.481 e. The molecule has 19 nitrogen and oxygen atoms in total. The van der Waals surface area contributed by atoms with Gasteiger partial charge in [0.05, 0.1) is 19.3 Å². The van der Waals surface area contributed by atoms with E-state index in [2.05, 4.69) is 30.1 Å². The summed E-state index contributed by atoms with van der Waals surface area (Å²) in [6.07, 6.45) is 25.5. The highest BCUT2D eigenvalue weighted by molar-refractivity contribution is 7.61. The van der Waals surface area contributed by atoms with Gasteiger partial charge in [0, 0.05) is 19.0 Å². The summed E-state index contributed by atoms with van der Waals surface area (Å²) in [6, 6.07) is 1.24. The molecule has 1 aliphatic heterocycles. The van der Waals surface area contributed by atoms with Crippen LogP contribution in [-0.4, -0.2) is 96.9 Å². The fourth-order valence-corrected chi connectivity index (χ4v) is 9.00. The van der Waals surface area contributed by atoms with Crippen molar-refractivity contribution in [2.75, 3.05) is 25.6 Å². The van der Waals surface area contributed by atoms with Crippen LogP contribution in [0.1, 0.15) is 155 Å². The van der Waals surface area contributed by atoms with Crippen molar-refractivity contribution in [3.63, 3.8) is 0 Å². The highest BCUT2D eigenvalue weighted by atomic mass is 31.3. The number of nitrogens with two attached hydrogens (primary N) is 1. The summed E-state index contributed by atoms with van der Waals surface area (Å²) in [5.41, 5.74) is 4.57. The Kier molecular flexibility index (Phi) is 31.2. The average Bonchev–Trinajstić information content (AvgIpc) is 3.55. The minimum absolute atomic E-state index is 0.0464. The van der Waals surface area contributed by atoms with Gasteiger partial charge in [-0.1, -0.05) is 146 Å². The Morgan fingerprint density at radius 1 is 0.809 bits per heavy atom. The van der Waals surface area contributed by atoms with Crippen LogP contribution in [0.15, 0.2) is 65.7 Å². The summed E-state index contributed by atoms with van der Waals surface area (Å²) in [5, 5.41) is 30.8. The van der Waals surface area contributed by atoms with E-state index < -0.39 is 89.8 Å². The highest BCUT2D eigenvalue weighted by Gasteiger charge is 2.46. The number of hydrogen-bond acceptors (Lipinski definition) is 16. The molecule has 7 N–H and O–H groups in total. The molecule has 0 bridgehead atoms. The monoisotopic (exact) mass is 1000 g/mol. The Bertz CT molecular complexity index is 1860. The summed E-state index contributed by atoms with van der Waals surface area (Å²) < 4.78 is 56.6. The first kappa shape index (κ1) is 60.8. The van der Waals surface area contributed by atoms with E-state index >= 15 is 0 Å². The topological polar surface area (TPSA) is 286 Å². The number of aromatic nitrogens is 2. The van der Waals surface area contributed by atoms with Gasteiger partial charge in [0.15, 0.2) is 12.3 Å². The number of unbranched alkanes of at least 4 members (excludes halogenated alkanes) is 11. The van der Waals surface area contributed by atoms with Gasteiger partial charge in [-0.3, -0.25) is 23.2 Å². The molecule has 2 unspecified atom stereocenters. The van der Waals surface area contributed by atoms with Gasteiger partial charge in [-0.15, -0.1) is 0 Å². The number of carbonyl (C=O) groups excluding carboxylic acids is 2. The van der Waals surface area contributed by atoms with Crippen molar-refractivity contribution in [3.8, 4) is 0 Å². The third-order valence-electron chi connectivity index (χ3n) is 10.7. The zero-order chi connectivity index (χ0) is 50.2. The lowest BCUT2D eigenvalue weighted by Gasteiger charge is -2.21. The van der Waals surface area contributed by atoms with Gasteiger partial charge in [-0.25, -0.2) is 13.9 Å². The van der Waals surface area contributed by atoms with E-state index in [1.807, 2.05) is 42.5 Å². The molecule has 21 heteroatoms. The number of nitrogen functional groups attached to an aromatic ring is 1. The largest absolute Gasteiger partial charge is 0.481 e. The van der Waals surface area contributed by atoms with Gasteiger partial charge in [0.1, 0.15) is 30.7 Å². The van der Waals surface area contributed by atoms with Crippen LogP contribution in [0, 0.1) is 5.92 Å². The van der Waals surface area contributed by atoms with Crippen molar-refractivity contribution >= 4 is 33.4 Å². The van der Waals surface area contributed by atoms with Crippen molar-refractivity contribution in [1.82, 2.24) is 9.55 Å². The molecule has 0 amide bonds. The van der Waals surface area contributed by atoms with E-state index in [1.54, 1.807) is 6.08 Å². The Morgan fingerprint density at radius 2 is 1.43 bits per heavy atom. The van der Waals surface area contributed by atoms with Gasteiger partial charge in [-0.05, 0) is 50.5 Å². The Labute approximate surface area is 402 Å². The Balaban J connectivity index is 1.86. The minimum Gasteiger partial charge on any atom is -0.462 e. The zero-order valence-electron chi connectivity index (χ0n) is 40.2. The molecule has 8 atom stereocenters. The molecular formula is C47H79N3O16P2. The number of phosphoric acid groups is 2. The Hall–Kier alpha value is -3.32. The smallest absolute Gasteiger partial charge is 0.462 e. The van der Waals surface area contributed by atoms with Gasteiger partial charge in [-0.2, -0.15) is 9.29 Å². The van der Waals surface area contributed by atoms with Crippen molar-refractivity contribution in [2.45, 2.75) is 186 Å². The van der Waals surface area contributed by atoms with Gasteiger partial charge < -0.3 is 45.1 Å². The number of nitrogens with zero attached hydrogens (tertiary/aromatic N) is 2. The summed E-state index contributed by atoms with van der Waals surface area (Å²) in [4.78, 5) is 61.7. The zero-order valence-corrected chi connectivity index (χ0v) is 42.0. The fraction of sp³-hybridized carbons (Fsp3) is 0.702. The predicted molar refractivity (Wildman–Crippen MR) is 258 cm³/mol. The number of carbonyl (C=O) groups is 2. The third-order valence-corrected chi connectivity index (χ3v) is 13.3. The number of hydrogen-bond donors (Lipinski definition) is 6. The van der Waals surface area contributed by atoms with E-state index in [9.17, 15) is 48.6 Å². The number of allylic oxidation sites excluding steroid dienone is 7. The number of anilines is 1. The van der Waals surface area contributed by atoms with Crippen molar-refractivity contribution in [1.29, 1.82) is 0 Å². The van der Waals surface area contributed by atoms with Gasteiger partial charge in [0.25, 0.3) is 0 Å². The molecule has 2 rings (SSSR count). The number of ether oxygens (including phenoxy) is 3. The first-order valence-electron chi connectivity index (χ1n) is 24.1. The molecule has 2 heterocycles. The molecule has 0 radical (unpaired) electrons. The lowest BCUT2D eigenvalue weighted by Crippen LogP contribution is -2.36. The standard InChI is InChI=1S/C47H79N3O16P2/c1-4-5-22-28-38(51)29-24-19-15-11-7-6-8-12-17-21-26-31-43(53)64-39(34-61-42(52)30-25-20-16-13-9-10-14-18-23-27-37(2)3)35-62-67(57,58)66-68(59,60)63-36-40-44(54)45(55)46(65-40)50-33-32-41(48)49-47(50)56/h6-7,12,15,17,19,24,29,32-33,37-40,44-46,51,54-55H,4-5,8-11,13-14,16,18,20-23,25-28,30-31,34-36H2,1-3H3,(H,57,58)(H,59,60)(H2,48,49,56)/b7-6-,17-12-,19-15-,29-24+/t38-,39+,40+,44+,45+,46+/m0/s1. The highest BCUT2D eigenvalue weighted by Crippen LogP contribution is 2.60. The molecule has 0 spiro atoms. The number of aliphatic hydroxyl groups excluding tert-OH is 3. The molecular weight excluding hydrogens is 924 g/mol. The van der Waals surface area contributed by atoms with Crippen LogP contribution in [0.5, 0.6) is 0 Å². The second-order valence-corrected chi connectivity index (χ2v) is 20.3. The van der Waals surface area contributed by atoms with E-state index in [0.717, 1.165) is 74.5 Å². The van der Waals surface area contributed by atoms with E-state index in [1.165, 1.54) is 38.2 Å². The van der Waals surface area contributed by atoms with Crippen LogP contribution in [0.4, 0.5) is 5.82 Å². The van der Waals surface area contributed by atoms with Crippen LogP contribution in [-0.2, 0) is 46.3 Å². The first-order chi connectivity index (χ1) is 32.4. The van der Waals surface area contributed by atoms with Gasteiger partial charge >= 0.3 is 33.3 Å². The molecule has 1 aromatic heterocycles. The summed E-state index contributed by atoms with van der Waals surface area (Å²) >= 11 is 0. The number of phosphoric ester groups is 2. The quantitative estimate of drug-likeness (QED) is 0.0120. The van der Waals surface area contributed by atoms with Crippen molar-refractivity contribution in [3.05, 3.63) is 71.4 Å². The Morgan fingerprint density at radius 3 is 2.10 bits per heavy atom. The average molecular weight is 1000 g/mol. The number of aliphatic hydroxyl groups is 3. The maximum absolute atomic E-state index is 12.8. The summed E-state index contributed by atoms with van der Waals surface area (Å²) in [6.45, 7) is 4.22. The number of esters is 2. The lowest BCUT2D eigenvalue weighted by molar-refractivity contribution is -0.161. The second-order valence-electron chi connectivity index (χ2n) is 17.3. The van der Waals surface area contributed by atoms with E-state index in [-0.39, 0.29) is 18.7 Å².